The van der Waals surface area contributed by atoms with E-state index < -0.39 is 5.82 Å². The molecule has 4 nitrogen and oxygen atoms in total. The summed E-state index contributed by atoms with van der Waals surface area (Å²) >= 11 is 0. The van der Waals surface area contributed by atoms with Crippen LogP contribution in [0, 0.1) is 5.82 Å². The average Bonchev–Trinajstić information content (AvgIpc) is 2.52. The molecule has 0 radical (unpaired) electrons. The number of carbonyl (C=O) groups excluding carboxylic acids is 1. The maximum Gasteiger partial charge on any atom is 0.251 e. The van der Waals surface area contributed by atoms with Crippen molar-refractivity contribution in [2.24, 2.45) is 5.73 Å². The number of halogens is 1. The first-order chi connectivity index (χ1) is 11.0. The van der Waals surface area contributed by atoms with Gasteiger partial charge in [0.1, 0.15) is 5.82 Å². The molecule has 0 aliphatic carbocycles. The Labute approximate surface area is 135 Å². The number of rotatable bonds is 6. The molecular weight excluding hydrogens is 295 g/mol. The lowest BCUT2D eigenvalue weighted by molar-refractivity contribution is 0.0951. The summed E-state index contributed by atoms with van der Waals surface area (Å²) in [6, 6.07) is 11.7. The summed E-state index contributed by atoms with van der Waals surface area (Å²) in [6.07, 6.45) is 0. The molecule has 0 aliphatic rings. The molecule has 122 valence electrons. The lowest BCUT2D eigenvalue weighted by Gasteiger charge is -2.12. The zero-order valence-electron chi connectivity index (χ0n) is 13.3. The van der Waals surface area contributed by atoms with Crippen LogP contribution < -0.4 is 11.1 Å². The number of amides is 1. The van der Waals surface area contributed by atoms with Crippen LogP contribution in [0.2, 0.25) is 0 Å². The zero-order valence-corrected chi connectivity index (χ0v) is 13.3. The molecule has 3 N–H and O–H groups in total. The number of hydrogen-bond donors (Lipinski definition) is 2. The summed E-state index contributed by atoms with van der Waals surface area (Å²) in [5.41, 5.74) is 8.31. The van der Waals surface area contributed by atoms with Crippen LogP contribution in [-0.2, 0) is 11.3 Å². The summed E-state index contributed by atoms with van der Waals surface area (Å²) in [4.78, 5) is 12.1. The van der Waals surface area contributed by atoms with Crippen LogP contribution in [0.5, 0.6) is 0 Å². The van der Waals surface area contributed by atoms with Gasteiger partial charge in [-0.3, -0.25) is 4.79 Å². The lowest BCUT2D eigenvalue weighted by atomic mass is 9.98. The van der Waals surface area contributed by atoms with E-state index in [2.05, 4.69) is 5.32 Å². The van der Waals surface area contributed by atoms with Gasteiger partial charge in [0.15, 0.2) is 0 Å². The van der Waals surface area contributed by atoms with Crippen molar-refractivity contribution in [2.45, 2.75) is 19.6 Å². The van der Waals surface area contributed by atoms with Crippen LogP contribution >= 0.6 is 0 Å². The fourth-order valence-electron chi connectivity index (χ4n) is 2.32. The van der Waals surface area contributed by atoms with Gasteiger partial charge in [-0.05, 0) is 41.8 Å². The van der Waals surface area contributed by atoms with Crippen LogP contribution in [-0.4, -0.2) is 25.6 Å². The first-order valence-corrected chi connectivity index (χ1v) is 7.43. The van der Waals surface area contributed by atoms with E-state index in [0.717, 1.165) is 11.1 Å². The SMILES string of the molecule is COCc1ccccc1-c1cc(F)cc(C(=O)NCC(C)N)c1. The largest absolute Gasteiger partial charge is 0.380 e. The Hall–Kier alpha value is -2.24. The molecule has 1 amide bonds. The van der Waals surface area contributed by atoms with E-state index in [4.69, 9.17) is 10.5 Å². The molecule has 2 rings (SSSR count). The normalized spacial score (nSPS) is 12.0. The smallest absolute Gasteiger partial charge is 0.251 e. The van der Waals surface area contributed by atoms with Gasteiger partial charge in [-0.25, -0.2) is 4.39 Å². The van der Waals surface area contributed by atoms with Crippen molar-refractivity contribution in [1.82, 2.24) is 5.32 Å². The fraction of sp³-hybridized carbons (Fsp3) is 0.278. The molecule has 2 aromatic rings. The number of nitrogens with one attached hydrogen (secondary N) is 1. The number of nitrogens with two attached hydrogens (primary N) is 1. The minimum Gasteiger partial charge on any atom is -0.380 e. The first-order valence-electron chi connectivity index (χ1n) is 7.43. The molecule has 0 fully saturated rings. The molecule has 0 aromatic heterocycles. The van der Waals surface area contributed by atoms with Crippen molar-refractivity contribution in [3.63, 3.8) is 0 Å². The second-order valence-corrected chi connectivity index (χ2v) is 5.51. The molecule has 1 unspecified atom stereocenters. The third-order valence-electron chi connectivity index (χ3n) is 3.37. The Morgan fingerprint density at radius 1 is 1.30 bits per heavy atom. The lowest BCUT2D eigenvalue weighted by Crippen LogP contribution is -2.35. The molecule has 1 atom stereocenters. The van der Waals surface area contributed by atoms with Gasteiger partial charge in [0.2, 0.25) is 0 Å². The second kappa shape index (κ2) is 7.85. The molecule has 23 heavy (non-hydrogen) atoms. The molecule has 0 spiro atoms. The van der Waals surface area contributed by atoms with Crippen LogP contribution in [0.4, 0.5) is 4.39 Å². The van der Waals surface area contributed by atoms with E-state index in [1.165, 1.54) is 12.1 Å². The van der Waals surface area contributed by atoms with E-state index in [0.29, 0.717) is 18.7 Å². The quantitative estimate of drug-likeness (QED) is 0.861. The number of methoxy groups -OCH3 is 1. The molecule has 0 saturated heterocycles. The van der Waals surface area contributed by atoms with Gasteiger partial charge < -0.3 is 15.8 Å². The van der Waals surface area contributed by atoms with Gasteiger partial charge in [-0.15, -0.1) is 0 Å². The fourth-order valence-corrected chi connectivity index (χ4v) is 2.32. The molecule has 5 heteroatoms. The molecule has 2 aromatic carbocycles. The maximum absolute atomic E-state index is 14.0. The number of ether oxygens (including phenoxy) is 1. The Kier molecular flexibility index (Phi) is 5.84. The van der Waals surface area contributed by atoms with E-state index in [9.17, 15) is 9.18 Å². The van der Waals surface area contributed by atoms with Gasteiger partial charge in [0.05, 0.1) is 6.61 Å². The molecule has 0 heterocycles. The standard InChI is InChI=1S/C18H21FN2O2/c1-12(20)10-21-18(22)15-7-14(8-16(19)9-15)17-6-4-3-5-13(17)11-23-2/h3-9,12H,10-11,20H2,1-2H3,(H,21,22). The first kappa shape index (κ1) is 17.1. The van der Waals surface area contributed by atoms with E-state index >= 15 is 0 Å². The minimum atomic E-state index is -0.458. The Balaban J connectivity index is 2.36. The zero-order chi connectivity index (χ0) is 16.8. The Morgan fingerprint density at radius 2 is 2.04 bits per heavy atom. The highest BCUT2D eigenvalue weighted by Gasteiger charge is 2.12. The van der Waals surface area contributed by atoms with Crippen molar-refractivity contribution >= 4 is 5.91 Å². The van der Waals surface area contributed by atoms with Crippen molar-refractivity contribution in [3.05, 3.63) is 59.4 Å². The highest BCUT2D eigenvalue weighted by atomic mass is 19.1. The number of benzene rings is 2. The average molecular weight is 316 g/mol. The van der Waals surface area contributed by atoms with Gasteiger partial charge in [-0.2, -0.15) is 0 Å². The van der Waals surface area contributed by atoms with Gasteiger partial charge in [-0.1, -0.05) is 24.3 Å². The van der Waals surface area contributed by atoms with Crippen LogP contribution in [0.3, 0.4) is 0 Å². The van der Waals surface area contributed by atoms with E-state index in [1.807, 2.05) is 24.3 Å². The minimum absolute atomic E-state index is 0.158. The predicted octanol–water partition coefficient (Wildman–Crippen LogP) is 2.72. The van der Waals surface area contributed by atoms with Crippen LogP contribution in [0.15, 0.2) is 42.5 Å². The molecule has 0 saturated carbocycles. The third kappa shape index (κ3) is 4.61. The topological polar surface area (TPSA) is 64.3 Å². The summed E-state index contributed by atoms with van der Waals surface area (Å²) in [5, 5.41) is 2.69. The van der Waals surface area contributed by atoms with Crippen molar-refractivity contribution in [2.75, 3.05) is 13.7 Å². The summed E-state index contributed by atoms with van der Waals surface area (Å²) in [5.74, 6) is -0.798. The highest BCUT2D eigenvalue weighted by Crippen LogP contribution is 2.26. The number of carbonyl (C=O) groups is 1. The maximum atomic E-state index is 14.0. The predicted molar refractivity (Wildman–Crippen MR) is 88.5 cm³/mol. The summed E-state index contributed by atoms with van der Waals surface area (Å²) in [7, 11) is 1.61. The summed E-state index contributed by atoms with van der Waals surface area (Å²) in [6.45, 7) is 2.54. The van der Waals surface area contributed by atoms with E-state index in [1.54, 1.807) is 20.1 Å². The monoisotopic (exact) mass is 316 g/mol. The van der Waals surface area contributed by atoms with Crippen LogP contribution in [0.25, 0.3) is 11.1 Å². The molecule has 0 aliphatic heterocycles. The van der Waals surface area contributed by atoms with Gasteiger partial charge >= 0.3 is 0 Å². The Morgan fingerprint density at radius 3 is 2.74 bits per heavy atom. The number of hydrogen-bond acceptors (Lipinski definition) is 3. The van der Waals surface area contributed by atoms with Gasteiger partial charge in [0, 0.05) is 25.3 Å². The highest BCUT2D eigenvalue weighted by molar-refractivity contribution is 5.95. The second-order valence-electron chi connectivity index (χ2n) is 5.51. The van der Waals surface area contributed by atoms with Crippen molar-refractivity contribution < 1.29 is 13.9 Å². The molecule has 0 bridgehead atoms. The van der Waals surface area contributed by atoms with Crippen molar-refractivity contribution in [1.29, 1.82) is 0 Å². The van der Waals surface area contributed by atoms with Crippen molar-refractivity contribution in [3.8, 4) is 11.1 Å². The van der Waals surface area contributed by atoms with E-state index in [-0.39, 0.29) is 17.5 Å². The molecular formula is C18H21FN2O2. The van der Waals surface area contributed by atoms with Gasteiger partial charge in [0.25, 0.3) is 5.91 Å². The Bertz CT molecular complexity index is 686. The summed E-state index contributed by atoms with van der Waals surface area (Å²) < 4.78 is 19.1. The van der Waals surface area contributed by atoms with Crippen LogP contribution in [0.1, 0.15) is 22.8 Å². The third-order valence-corrected chi connectivity index (χ3v) is 3.37.